The summed E-state index contributed by atoms with van der Waals surface area (Å²) < 4.78 is 5.20. The lowest BCUT2D eigenvalue weighted by molar-refractivity contribution is 0.415. The minimum absolute atomic E-state index is 0.375. The van der Waals surface area contributed by atoms with Gasteiger partial charge in [-0.25, -0.2) is 0 Å². The maximum Gasteiger partial charge on any atom is 0.121 e. The van der Waals surface area contributed by atoms with Gasteiger partial charge in [-0.05, 0) is 23.6 Å². The summed E-state index contributed by atoms with van der Waals surface area (Å²) in [5.41, 5.74) is 2.98. The molecule has 0 aliphatic rings. The minimum atomic E-state index is 0.375. The van der Waals surface area contributed by atoms with Crippen LogP contribution in [0.15, 0.2) is 24.4 Å². The molecule has 0 bridgehead atoms. The smallest absolute Gasteiger partial charge is 0.121 e. The van der Waals surface area contributed by atoms with Gasteiger partial charge in [0.25, 0.3) is 0 Å². The number of pyridine rings is 1. The fraction of sp³-hybridized carbons (Fsp3) is 0.267. The monoisotopic (exact) mass is 225 g/mol. The number of methoxy groups -OCH3 is 1. The number of fused-ring (bicyclic) bond motifs is 1. The van der Waals surface area contributed by atoms with Gasteiger partial charge in [0.1, 0.15) is 5.75 Å². The van der Waals surface area contributed by atoms with Crippen molar-refractivity contribution in [2.45, 2.75) is 19.8 Å². The molecule has 0 spiro atoms. The van der Waals surface area contributed by atoms with Gasteiger partial charge < -0.3 is 4.74 Å². The Hall–Kier alpha value is -2.01. The summed E-state index contributed by atoms with van der Waals surface area (Å²) >= 11 is 0. The molecule has 0 saturated carbocycles. The number of aromatic nitrogens is 1. The van der Waals surface area contributed by atoms with E-state index in [1.165, 1.54) is 5.56 Å². The molecule has 2 nitrogen and oxygen atoms in total. The standard InChI is InChI=1S/C15H15NO/c1-5-11-9-16-14-8-12(17-4)6-7-13(14)15(11)10(2)3/h1,6-10H,2-4H3. The van der Waals surface area contributed by atoms with Crippen LogP contribution in [-0.2, 0) is 0 Å². The van der Waals surface area contributed by atoms with Gasteiger partial charge in [-0.2, -0.15) is 0 Å². The van der Waals surface area contributed by atoms with Crippen LogP contribution in [0, 0.1) is 12.3 Å². The van der Waals surface area contributed by atoms with E-state index >= 15 is 0 Å². The highest BCUT2D eigenvalue weighted by Gasteiger charge is 2.11. The number of hydrogen-bond acceptors (Lipinski definition) is 2. The molecule has 0 atom stereocenters. The molecular formula is C15H15NO. The number of terminal acetylenes is 1. The van der Waals surface area contributed by atoms with Crippen molar-refractivity contribution in [3.8, 4) is 18.1 Å². The number of hydrogen-bond donors (Lipinski definition) is 0. The molecule has 0 N–H and O–H groups in total. The summed E-state index contributed by atoms with van der Waals surface area (Å²) in [6.07, 6.45) is 7.28. The lowest BCUT2D eigenvalue weighted by Gasteiger charge is -2.12. The molecule has 2 heteroatoms. The van der Waals surface area contributed by atoms with Crippen molar-refractivity contribution in [3.63, 3.8) is 0 Å². The summed E-state index contributed by atoms with van der Waals surface area (Å²) in [6, 6.07) is 5.90. The van der Waals surface area contributed by atoms with Crippen molar-refractivity contribution in [1.29, 1.82) is 0 Å². The van der Waals surface area contributed by atoms with Crippen molar-refractivity contribution in [1.82, 2.24) is 4.98 Å². The normalized spacial score (nSPS) is 10.5. The Bertz CT molecular complexity index is 594. The number of rotatable bonds is 2. The molecule has 2 rings (SSSR count). The van der Waals surface area contributed by atoms with E-state index in [1.807, 2.05) is 18.2 Å². The van der Waals surface area contributed by atoms with Gasteiger partial charge in [0.2, 0.25) is 0 Å². The molecule has 2 aromatic rings. The van der Waals surface area contributed by atoms with Gasteiger partial charge in [0, 0.05) is 23.2 Å². The summed E-state index contributed by atoms with van der Waals surface area (Å²) in [5.74, 6) is 3.89. The van der Waals surface area contributed by atoms with E-state index < -0.39 is 0 Å². The Morgan fingerprint density at radius 1 is 1.35 bits per heavy atom. The lowest BCUT2D eigenvalue weighted by atomic mass is 9.94. The second kappa shape index (κ2) is 4.47. The summed E-state index contributed by atoms with van der Waals surface area (Å²) in [5, 5.41) is 1.11. The van der Waals surface area contributed by atoms with Gasteiger partial charge in [0.05, 0.1) is 12.6 Å². The maximum atomic E-state index is 5.52. The number of nitrogens with zero attached hydrogens (tertiary/aromatic N) is 1. The van der Waals surface area contributed by atoms with Crippen LogP contribution >= 0.6 is 0 Å². The first-order chi connectivity index (χ1) is 8.17. The van der Waals surface area contributed by atoms with E-state index in [0.717, 1.165) is 22.2 Å². The van der Waals surface area contributed by atoms with E-state index in [9.17, 15) is 0 Å². The van der Waals surface area contributed by atoms with E-state index in [-0.39, 0.29) is 0 Å². The molecule has 17 heavy (non-hydrogen) atoms. The van der Waals surface area contributed by atoms with Gasteiger partial charge >= 0.3 is 0 Å². The van der Waals surface area contributed by atoms with Crippen molar-refractivity contribution < 1.29 is 4.74 Å². The van der Waals surface area contributed by atoms with Crippen LogP contribution in [0.1, 0.15) is 30.9 Å². The van der Waals surface area contributed by atoms with Gasteiger partial charge in [-0.3, -0.25) is 4.98 Å². The van der Waals surface area contributed by atoms with Crippen LogP contribution in [0.3, 0.4) is 0 Å². The Morgan fingerprint density at radius 3 is 2.71 bits per heavy atom. The van der Waals surface area contributed by atoms with Crippen molar-refractivity contribution in [2.75, 3.05) is 7.11 Å². The van der Waals surface area contributed by atoms with Crippen LogP contribution in [0.5, 0.6) is 5.75 Å². The van der Waals surface area contributed by atoms with E-state index in [1.54, 1.807) is 13.3 Å². The first kappa shape index (κ1) is 11.5. The molecule has 0 fully saturated rings. The van der Waals surface area contributed by atoms with Crippen molar-refractivity contribution in [2.24, 2.45) is 0 Å². The Labute approximate surface area is 102 Å². The quantitative estimate of drug-likeness (QED) is 0.731. The number of ether oxygens (including phenoxy) is 1. The molecular weight excluding hydrogens is 210 g/mol. The Morgan fingerprint density at radius 2 is 2.12 bits per heavy atom. The average molecular weight is 225 g/mol. The average Bonchev–Trinajstić information content (AvgIpc) is 2.36. The summed E-state index contributed by atoms with van der Waals surface area (Å²) in [7, 11) is 1.65. The second-order valence-electron chi connectivity index (χ2n) is 4.27. The SMILES string of the molecule is C#Cc1cnc2cc(OC)ccc2c1C(C)C. The van der Waals surface area contributed by atoms with E-state index in [2.05, 4.69) is 24.8 Å². The van der Waals surface area contributed by atoms with Crippen molar-refractivity contribution in [3.05, 3.63) is 35.5 Å². The van der Waals surface area contributed by atoms with Gasteiger partial charge in [-0.1, -0.05) is 19.8 Å². The highest BCUT2D eigenvalue weighted by molar-refractivity contribution is 5.85. The molecule has 0 aliphatic heterocycles. The third-order valence-corrected chi connectivity index (χ3v) is 2.85. The predicted molar refractivity (Wildman–Crippen MR) is 70.3 cm³/mol. The minimum Gasteiger partial charge on any atom is -0.497 e. The third kappa shape index (κ3) is 1.97. The lowest BCUT2D eigenvalue weighted by Crippen LogP contribution is -1.97. The van der Waals surface area contributed by atoms with Crippen LogP contribution in [0.25, 0.3) is 10.9 Å². The van der Waals surface area contributed by atoms with Crippen molar-refractivity contribution >= 4 is 10.9 Å². The molecule has 1 aromatic carbocycles. The molecule has 1 heterocycles. The zero-order chi connectivity index (χ0) is 12.4. The molecule has 0 aliphatic carbocycles. The van der Waals surface area contributed by atoms with E-state index in [4.69, 9.17) is 11.2 Å². The largest absolute Gasteiger partial charge is 0.497 e. The summed E-state index contributed by atoms with van der Waals surface area (Å²) in [4.78, 5) is 4.38. The molecule has 1 aromatic heterocycles. The first-order valence-corrected chi connectivity index (χ1v) is 5.60. The van der Waals surface area contributed by atoms with Crippen LogP contribution < -0.4 is 4.74 Å². The zero-order valence-electron chi connectivity index (χ0n) is 10.3. The predicted octanol–water partition coefficient (Wildman–Crippen LogP) is 3.35. The van der Waals surface area contributed by atoms with E-state index in [0.29, 0.717) is 5.92 Å². The molecule has 86 valence electrons. The maximum absolute atomic E-state index is 5.52. The van der Waals surface area contributed by atoms with Crippen LogP contribution in [0.2, 0.25) is 0 Å². The number of benzene rings is 1. The Balaban J connectivity index is 2.78. The highest BCUT2D eigenvalue weighted by Crippen LogP contribution is 2.29. The zero-order valence-corrected chi connectivity index (χ0v) is 10.3. The first-order valence-electron chi connectivity index (χ1n) is 5.60. The van der Waals surface area contributed by atoms with Crippen LogP contribution in [-0.4, -0.2) is 12.1 Å². The van der Waals surface area contributed by atoms with Gasteiger partial charge in [0.15, 0.2) is 0 Å². The Kier molecular flexibility index (Phi) is 3.01. The third-order valence-electron chi connectivity index (χ3n) is 2.85. The fourth-order valence-electron chi connectivity index (χ4n) is 2.06. The highest BCUT2D eigenvalue weighted by atomic mass is 16.5. The molecule has 0 amide bonds. The molecule has 0 saturated heterocycles. The summed E-state index contributed by atoms with van der Waals surface area (Å²) in [6.45, 7) is 4.28. The van der Waals surface area contributed by atoms with Crippen LogP contribution in [0.4, 0.5) is 0 Å². The van der Waals surface area contributed by atoms with Gasteiger partial charge in [-0.15, -0.1) is 6.42 Å². The topological polar surface area (TPSA) is 22.1 Å². The second-order valence-corrected chi connectivity index (χ2v) is 4.27. The molecule has 0 unspecified atom stereocenters. The molecule has 0 radical (unpaired) electrons. The fourth-order valence-corrected chi connectivity index (χ4v) is 2.06.